The number of rotatable bonds is 14. The molecule has 10 heteroatoms. The Kier molecular flexibility index (Phi) is 15.0. The number of hydrogen-bond donors (Lipinski definition) is 1. The molecule has 9 nitrogen and oxygen atoms in total. The quantitative estimate of drug-likeness (QED) is 0.164. The minimum atomic E-state index is -2.29. The Bertz CT molecular complexity index is 811. The van der Waals surface area contributed by atoms with E-state index >= 15 is 0 Å². The Labute approximate surface area is 223 Å². The van der Waals surface area contributed by atoms with Crippen LogP contribution in [0, 0.1) is 11.8 Å². The molecule has 0 aliphatic heterocycles. The number of hydrogen-bond acceptors (Lipinski definition) is 9. The third kappa shape index (κ3) is 11.8. The summed E-state index contributed by atoms with van der Waals surface area (Å²) in [6.07, 6.45) is 0.0905. The smallest absolute Gasteiger partial charge is 0.435 e. The van der Waals surface area contributed by atoms with E-state index in [2.05, 4.69) is 33.9 Å². The number of ketones is 1. The van der Waals surface area contributed by atoms with Crippen molar-refractivity contribution in [2.45, 2.75) is 92.7 Å². The van der Waals surface area contributed by atoms with Crippen molar-refractivity contribution in [3.05, 3.63) is 23.3 Å². The minimum absolute atomic E-state index is 0.0105. The molecule has 0 aromatic heterocycles. The van der Waals surface area contributed by atoms with Gasteiger partial charge in [-0.1, -0.05) is 34.6 Å². The van der Waals surface area contributed by atoms with E-state index < -0.39 is 44.7 Å². The van der Waals surface area contributed by atoms with Gasteiger partial charge in [-0.05, 0) is 69.1 Å². The largest absolute Gasteiger partial charge is 0.508 e. The lowest BCUT2D eigenvalue weighted by molar-refractivity contribution is -0.130. The van der Waals surface area contributed by atoms with Crippen LogP contribution >= 0.6 is 0 Å². The first-order valence-corrected chi connectivity index (χ1v) is 15.7. The van der Waals surface area contributed by atoms with Crippen molar-refractivity contribution in [1.29, 1.82) is 0 Å². The lowest BCUT2D eigenvalue weighted by atomic mass is 9.84. The zero-order valence-electron chi connectivity index (χ0n) is 24.5. The highest BCUT2D eigenvalue weighted by atomic mass is 28.4. The summed E-state index contributed by atoms with van der Waals surface area (Å²) in [5.74, 6) is -1.49. The standard InChI is InChI=1S/C27H48O9Si/c1-12-32-25(30)34-16-14-18(3)22(28)20(5)23(29)21(6)24(36-37(10,11)27(7,8)9)19(4)15-17-35-26(31)33-13-2/h14-15,20-22,24,28H,12-13,16-17H2,1-11H3/b18-14+,19-15+/t20-,21-,22+,24-/m0/s1. The molecule has 37 heavy (non-hydrogen) atoms. The predicted octanol–water partition coefficient (Wildman–Crippen LogP) is 5.82. The van der Waals surface area contributed by atoms with Crippen LogP contribution in [-0.2, 0) is 28.2 Å². The highest BCUT2D eigenvalue weighted by Crippen LogP contribution is 2.39. The van der Waals surface area contributed by atoms with Crippen LogP contribution < -0.4 is 0 Å². The van der Waals surface area contributed by atoms with E-state index in [-0.39, 0.29) is 37.2 Å². The van der Waals surface area contributed by atoms with Crippen molar-refractivity contribution in [3.63, 3.8) is 0 Å². The topological polar surface area (TPSA) is 118 Å². The van der Waals surface area contributed by atoms with Crippen molar-refractivity contribution in [2.75, 3.05) is 26.4 Å². The fraction of sp³-hybridized carbons (Fsp3) is 0.741. The van der Waals surface area contributed by atoms with Gasteiger partial charge in [0.15, 0.2) is 8.32 Å². The van der Waals surface area contributed by atoms with Crippen LogP contribution in [0.25, 0.3) is 0 Å². The van der Waals surface area contributed by atoms with Crippen LogP contribution in [0.2, 0.25) is 18.1 Å². The monoisotopic (exact) mass is 544 g/mol. The number of aliphatic hydroxyl groups excluding tert-OH is 1. The van der Waals surface area contributed by atoms with Gasteiger partial charge in [0.25, 0.3) is 0 Å². The second kappa shape index (κ2) is 15.9. The molecule has 0 fully saturated rings. The fourth-order valence-electron chi connectivity index (χ4n) is 3.24. The highest BCUT2D eigenvalue weighted by Gasteiger charge is 2.42. The first-order valence-electron chi connectivity index (χ1n) is 12.8. The second-order valence-corrected chi connectivity index (χ2v) is 15.4. The molecular weight excluding hydrogens is 496 g/mol. The van der Waals surface area contributed by atoms with Gasteiger partial charge in [-0.25, -0.2) is 9.59 Å². The number of ether oxygens (including phenoxy) is 4. The summed E-state index contributed by atoms with van der Waals surface area (Å²) < 4.78 is 26.2. The molecule has 4 atom stereocenters. The Morgan fingerprint density at radius 3 is 1.65 bits per heavy atom. The molecule has 0 aliphatic rings. The molecule has 0 radical (unpaired) electrons. The maximum atomic E-state index is 13.5. The predicted molar refractivity (Wildman–Crippen MR) is 145 cm³/mol. The van der Waals surface area contributed by atoms with Gasteiger partial charge in [0.05, 0.1) is 25.4 Å². The molecule has 214 valence electrons. The zero-order valence-corrected chi connectivity index (χ0v) is 25.5. The van der Waals surface area contributed by atoms with Crippen LogP contribution in [-0.4, -0.2) is 70.2 Å². The molecule has 0 aromatic rings. The Morgan fingerprint density at radius 2 is 1.24 bits per heavy atom. The second-order valence-electron chi connectivity index (χ2n) is 10.6. The SMILES string of the molecule is CCOC(=O)OC/C=C(\C)[C@@H](O)[C@H](C)C(=O)[C@H](C)[C@@H](O[Si](C)(C)C(C)(C)C)/C(C)=C/COC(=O)OCC. The van der Waals surface area contributed by atoms with Crippen LogP contribution in [0.3, 0.4) is 0 Å². The molecule has 0 amide bonds. The van der Waals surface area contributed by atoms with Gasteiger partial charge in [0.1, 0.15) is 19.0 Å². The van der Waals surface area contributed by atoms with Crippen molar-refractivity contribution in [2.24, 2.45) is 11.8 Å². The van der Waals surface area contributed by atoms with Gasteiger partial charge in [-0.3, -0.25) is 4.79 Å². The minimum Gasteiger partial charge on any atom is -0.435 e. The Morgan fingerprint density at radius 1 is 0.811 bits per heavy atom. The van der Waals surface area contributed by atoms with Gasteiger partial charge in [-0.15, -0.1) is 0 Å². The molecule has 0 unspecified atom stereocenters. The first kappa shape index (κ1) is 34.8. The number of carbonyl (C=O) groups is 3. The molecular formula is C27H48O9Si. The fourth-order valence-corrected chi connectivity index (χ4v) is 4.61. The summed E-state index contributed by atoms with van der Waals surface area (Å²) >= 11 is 0. The molecule has 0 saturated heterocycles. The van der Waals surface area contributed by atoms with Crippen LogP contribution in [0.5, 0.6) is 0 Å². The van der Waals surface area contributed by atoms with Gasteiger partial charge in [-0.2, -0.15) is 0 Å². The number of Topliss-reactive ketones (excluding diaryl/α,β-unsaturated/α-hetero) is 1. The van der Waals surface area contributed by atoms with E-state index in [4.69, 9.17) is 23.4 Å². The summed E-state index contributed by atoms with van der Waals surface area (Å²) in [6, 6.07) is 0. The summed E-state index contributed by atoms with van der Waals surface area (Å²) in [4.78, 5) is 36.4. The van der Waals surface area contributed by atoms with Crippen molar-refractivity contribution in [1.82, 2.24) is 0 Å². The summed E-state index contributed by atoms with van der Waals surface area (Å²) in [5, 5.41) is 10.7. The summed E-state index contributed by atoms with van der Waals surface area (Å²) in [7, 11) is -2.29. The molecule has 0 bridgehead atoms. The van der Waals surface area contributed by atoms with E-state index in [0.29, 0.717) is 5.57 Å². The highest BCUT2D eigenvalue weighted by molar-refractivity contribution is 6.74. The third-order valence-electron chi connectivity index (χ3n) is 6.71. The first-order chi connectivity index (χ1) is 17.0. The summed E-state index contributed by atoms with van der Waals surface area (Å²) in [6.45, 7) is 21.2. The number of carbonyl (C=O) groups excluding carboxylic acids is 3. The van der Waals surface area contributed by atoms with Crippen LogP contribution in [0.1, 0.15) is 62.3 Å². The number of aliphatic hydroxyl groups is 1. The molecule has 0 aromatic carbocycles. The van der Waals surface area contributed by atoms with Crippen molar-refractivity contribution >= 4 is 26.4 Å². The van der Waals surface area contributed by atoms with Crippen molar-refractivity contribution in [3.8, 4) is 0 Å². The van der Waals surface area contributed by atoms with Gasteiger partial charge in [0, 0.05) is 11.8 Å². The molecule has 0 rings (SSSR count). The van der Waals surface area contributed by atoms with Crippen molar-refractivity contribution < 1.29 is 42.9 Å². The Hall–Kier alpha value is -2.17. The van der Waals surface area contributed by atoms with Gasteiger partial charge < -0.3 is 28.5 Å². The van der Waals surface area contributed by atoms with E-state index in [0.717, 1.165) is 5.57 Å². The molecule has 1 N–H and O–H groups in total. The van der Waals surface area contributed by atoms with Gasteiger partial charge >= 0.3 is 12.3 Å². The molecule has 0 heterocycles. The normalized spacial score (nSPS) is 16.3. The Balaban J connectivity index is 5.73. The lowest BCUT2D eigenvalue weighted by Crippen LogP contribution is -2.48. The van der Waals surface area contributed by atoms with Crippen LogP contribution in [0.4, 0.5) is 9.59 Å². The van der Waals surface area contributed by atoms with E-state index in [1.807, 2.05) is 6.92 Å². The summed E-state index contributed by atoms with van der Waals surface area (Å²) in [5.41, 5.74) is 1.26. The third-order valence-corrected chi connectivity index (χ3v) is 11.2. The van der Waals surface area contributed by atoms with Crippen LogP contribution in [0.15, 0.2) is 23.3 Å². The average Bonchev–Trinajstić information content (AvgIpc) is 2.80. The van der Waals surface area contributed by atoms with E-state index in [1.54, 1.807) is 46.8 Å². The lowest BCUT2D eigenvalue weighted by Gasteiger charge is -2.41. The molecule has 0 saturated carbocycles. The maximum absolute atomic E-state index is 13.5. The maximum Gasteiger partial charge on any atom is 0.508 e. The van der Waals surface area contributed by atoms with Gasteiger partial charge in [0.2, 0.25) is 0 Å². The van der Waals surface area contributed by atoms with E-state index in [1.165, 1.54) is 0 Å². The molecule has 0 spiro atoms. The van der Waals surface area contributed by atoms with E-state index in [9.17, 15) is 19.5 Å². The average molecular weight is 545 g/mol. The molecule has 0 aliphatic carbocycles. The zero-order chi connectivity index (χ0) is 29.0.